The van der Waals surface area contributed by atoms with E-state index in [2.05, 4.69) is 29.5 Å². The second-order valence-electron chi connectivity index (χ2n) is 6.26. The van der Waals surface area contributed by atoms with Crippen molar-refractivity contribution in [1.29, 1.82) is 0 Å². The fourth-order valence-electron chi connectivity index (χ4n) is 2.48. The minimum Gasteiger partial charge on any atom is -0.329 e. The Balaban J connectivity index is 1.64. The van der Waals surface area contributed by atoms with E-state index in [0.29, 0.717) is 5.92 Å². The predicted octanol–water partition coefficient (Wildman–Crippen LogP) is 5.44. The van der Waals surface area contributed by atoms with E-state index in [0.717, 1.165) is 20.9 Å². The molecular formula is C19H20FN3OS. The molecule has 3 rings (SSSR count). The SMILES string of the molecule is CC(C)c1ccc(NC(=O)N[C@H](C)c2nc3ccc(F)cc3s2)cc1. The van der Waals surface area contributed by atoms with Crippen LogP contribution in [0.4, 0.5) is 14.9 Å². The Morgan fingerprint density at radius 3 is 2.52 bits per heavy atom. The van der Waals surface area contributed by atoms with Crippen molar-refractivity contribution in [2.24, 2.45) is 0 Å². The van der Waals surface area contributed by atoms with Crippen molar-refractivity contribution in [3.8, 4) is 0 Å². The number of urea groups is 1. The Morgan fingerprint density at radius 2 is 1.84 bits per heavy atom. The lowest BCUT2D eigenvalue weighted by Gasteiger charge is -2.13. The third-order valence-electron chi connectivity index (χ3n) is 3.92. The molecule has 1 heterocycles. The molecule has 4 nitrogen and oxygen atoms in total. The largest absolute Gasteiger partial charge is 0.329 e. The van der Waals surface area contributed by atoms with Gasteiger partial charge in [-0.05, 0) is 48.7 Å². The molecule has 0 fully saturated rings. The molecule has 6 heteroatoms. The van der Waals surface area contributed by atoms with E-state index < -0.39 is 0 Å². The molecule has 3 aromatic rings. The van der Waals surface area contributed by atoms with Gasteiger partial charge in [-0.2, -0.15) is 0 Å². The molecular weight excluding hydrogens is 337 g/mol. The smallest absolute Gasteiger partial charge is 0.319 e. The summed E-state index contributed by atoms with van der Waals surface area (Å²) in [6, 6.07) is 11.7. The summed E-state index contributed by atoms with van der Waals surface area (Å²) in [6.45, 7) is 6.11. The van der Waals surface area contributed by atoms with Crippen molar-refractivity contribution >= 4 is 33.3 Å². The third-order valence-corrected chi connectivity index (χ3v) is 5.12. The van der Waals surface area contributed by atoms with E-state index in [1.165, 1.54) is 29.0 Å². The van der Waals surface area contributed by atoms with Crippen molar-refractivity contribution < 1.29 is 9.18 Å². The maximum atomic E-state index is 13.3. The highest BCUT2D eigenvalue weighted by Gasteiger charge is 2.14. The van der Waals surface area contributed by atoms with Crippen molar-refractivity contribution in [1.82, 2.24) is 10.3 Å². The van der Waals surface area contributed by atoms with Gasteiger partial charge in [0.05, 0.1) is 16.3 Å². The summed E-state index contributed by atoms with van der Waals surface area (Å²) >= 11 is 1.38. The maximum Gasteiger partial charge on any atom is 0.319 e. The molecule has 2 N–H and O–H groups in total. The van der Waals surface area contributed by atoms with Crippen LogP contribution in [0.5, 0.6) is 0 Å². The van der Waals surface area contributed by atoms with Crippen LogP contribution >= 0.6 is 11.3 Å². The highest BCUT2D eigenvalue weighted by molar-refractivity contribution is 7.18. The summed E-state index contributed by atoms with van der Waals surface area (Å²) in [6.07, 6.45) is 0. The van der Waals surface area contributed by atoms with Gasteiger partial charge in [0, 0.05) is 5.69 Å². The predicted molar refractivity (Wildman–Crippen MR) is 101 cm³/mol. The number of halogens is 1. The third kappa shape index (κ3) is 4.14. The number of carbonyl (C=O) groups excluding carboxylic acids is 1. The molecule has 0 aliphatic heterocycles. The van der Waals surface area contributed by atoms with Gasteiger partial charge in [-0.25, -0.2) is 14.2 Å². The zero-order valence-electron chi connectivity index (χ0n) is 14.3. The topological polar surface area (TPSA) is 54.0 Å². The fourth-order valence-corrected chi connectivity index (χ4v) is 3.47. The first-order chi connectivity index (χ1) is 11.9. The molecule has 2 amide bonds. The highest BCUT2D eigenvalue weighted by atomic mass is 32.1. The monoisotopic (exact) mass is 357 g/mol. The number of carbonyl (C=O) groups is 1. The number of benzene rings is 2. The molecule has 2 aromatic carbocycles. The molecule has 0 saturated carbocycles. The lowest BCUT2D eigenvalue weighted by Crippen LogP contribution is -2.31. The second-order valence-corrected chi connectivity index (χ2v) is 7.32. The number of amides is 2. The average molecular weight is 357 g/mol. The summed E-state index contributed by atoms with van der Waals surface area (Å²) < 4.78 is 14.0. The Hall–Kier alpha value is -2.47. The van der Waals surface area contributed by atoms with E-state index >= 15 is 0 Å². The normalized spacial score (nSPS) is 12.4. The standard InChI is InChI=1S/C19H20FN3OS/c1-11(2)13-4-7-15(8-5-13)22-19(24)21-12(3)18-23-16-9-6-14(20)10-17(16)25-18/h4-12H,1-3H3,(H2,21,22,24)/t12-/m1/s1. The zero-order chi connectivity index (χ0) is 18.0. The lowest BCUT2D eigenvalue weighted by atomic mass is 10.0. The number of anilines is 1. The van der Waals surface area contributed by atoms with Crippen LogP contribution in [-0.2, 0) is 0 Å². The van der Waals surface area contributed by atoms with E-state index in [-0.39, 0.29) is 17.9 Å². The van der Waals surface area contributed by atoms with Gasteiger partial charge >= 0.3 is 6.03 Å². The maximum absolute atomic E-state index is 13.3. The van der Waals surface area contributed by atoms with Gasteiger partial charge in [0.2, 0.25) is 0 Å². The Bertz CT molecular complexity index is 889. The number of rotatable bonds is 4. The summed E-state index contributed by atoms with van der Waals surface area (Å²) in [5.41, 5.74) is 2.70. The molecule has 0 unspecified atom stereocenters. The van der Waals surface area contributed by atoms with Gasteiger partial charge in [-0.1, -0.05) is 26.0 Å². The number of thiazole rings is 1. The van der Waals surface area contributed by atoms with E-state index in [1.807, 2.05) is 31.2 Å². The molecule has 130 valence electrons. The van der Waals surface area contributed by atoms with Crippen LogP contribution in [0.25, 0.3) is 10.2 Å². The Labute approximate surface area is 150 Å². The van der Waals surface area contributed by atoms with Crippen molar-refractivity contribution in [3.05, 3.63) is 58.9 Å². The molecule has 1 aromatic heterocycles. The number of hydrogen-bond donors (Lipinski definition) is 2. The Kier molecular flexibility index (Phi) is 4.99. The lowest BCUT2D eigenvalue weighted by molar-refractivity contribution is 0.249. The summed E-state index contributed by atoms with van der Waals surface area (Å²) in [5.74, 6) is 0.165. The first-order valence-corrected chi connectivity index (χ1v) is 8.97. The highest BCUT2D eigenvalue weighted by Crippen LogP contribution is 2.27. The molecule has 0 spiro atoms. The molecule has 25 heavy (non-hydrogen) atoms. The van der Waals surface area contributed by atoms with Gasteiger partial charge in [0.15, 0.2) is 0 Å². The molecule has 0 bridgehead atoms. The van der Waals surface area contributed by atoms with Crippen molar-refractivity contribution in [3.63, 3.8) is 0 Å². The quantitative estimate of drug-likeness (QED) is 0.653. The van der Waals surface area contributed by atoms with E-state index in [4.69, 9.17) is 0 Å². The van der Waals surface area contributed by atoms with Gasteiger partial charge in [0.25, 0.3) is 0 Å². The Morgan fingerprint density at radius 1 is 1.12 bits per heavy atom. The molecule has 0 aliphatic carbocycles. The van der Waals surface area contributed by atoms with Crippen LogP contribution in [0.1, 0.15) is 43.3 Å². The minimum absolute atomic E-state index is 0.268. The van der Waals surface area contributed by atoms with Crippen LogP contribution in [0.15, 0.2) is 42.5 Å². The van der Waals surface area contributed by atoms with Crippen LogP contribution in [-0.4, -0.2) is 11.0 Å². The number of nitrogens with zero attached hydrogens (tertiary/aromatic N) is 1. The van der Waals surface area contributed by atoms with Crippen LogP contribution in [0.2, 0.25) is 0 Å². The van der Waals surface area contributed by atoms with Crippen LogP contribution in [0, 0.1) is 5.82 Å². The van der Waals surface area contributed by atoms with Crippen LogP contribution < -0.4 is 10.6 Å². The number of fused-ring (bicyclic) bond motifs is 1. The van der Waals surface area contributed by atoms with Gasteiger partial charge in [-0.3, -0.25) is 0 Å². The summed E-state index contributed by atoms with van der Waals surface area (Å²) in [5, 5.41) is 6.42. The number of nitrogens with one attached hydrogen (secondary N) is 2. The molecule has 0 saturated heterocycles. The van der Waals surface area contributed by atoms with E-state index in [9.17, 15) is 9.18 Å². The number of hydrogen-bond acceptors (Lipinski definition) is 3. The van der Waals surface area contributed by atoms with Gasteiger partial charge < -0.3 is 10.6 Å². The van der Waals surface area contributed by atoms with Gasteiger partial charge in [-0.15, -0.1) is 11.3 Å². The molecule has 0 radical (unpaired) electrons. The second kappa shape index (κ2) is 7.19. The average Bonchev–Trinajstić information content (AvgIpc) is 2.98. The van der Waals surface area contributed by atoms with E-state index in [1.54, 1.807) is 6.07 Å². The fraction of sp³-hybridized carbons (Fsp3) is 0.263. The minimum atomic E-state index is -0.296. The van der Waals surface area contributed by atoms with Crippen molar-refractivity contribution in [2.45, 2.75) is 32.7 Å². The van der Waals surface area contributed by atoms with Crippen LogP contribution in [0.3, 0.4) is 0 Å². The zero-order valence-corrected chi connectivity index (χ0v) is 15.2. The molecule has 1 atom stereocenters. The van der Waals surface area contributed by atoms with Gasteiger partial charge in [0.1, 0.15) is 10.8 Å². The number of aromatic nitrogens is 1. The molecule has 0 aliphatic rings. The summed E-state index contributed by atoms with van der Waals surface area (Å²) in [4.78, 5) is 16.6. The summed E-state index contributed by atoms with van der Waals surface area (Å²) in [7, 11) is 0. The first kappa shape index (κ1) is 17.4. The van der Waals surface area contributed by atoms with Crippen molar-refractivity contribution in [2.75, 3.05) is 5.32 Å². The first-order valence-electron chi connectivity index (χ1n) is 8.16.